The molecule has 0 N–H and O–H groups in total. The largest absolute Gasteiger partial charge is 0.496 e. The highest BCUT2D eigenvalue weighted by atomic mass is 16.5. The standard InChI is InChI=1S/C21H22N2O/c1-14-12-20(24-5)15(2)11-18(14)16(3)19-13-23(4)22-21(19)17-9-7-6-8-10-17/h6-13H,1H2,2-5H3/b18-16+. The van der Waals surface area contributed by atoms with Crippen LogP contribution in [0.25, 0.3) is 23.4 Å². The van der Waals surface area contributed by atoms with E-state index in [1.54, 1.807) is 7.11 Å². The van der Waals surface area contributed by atoms with E-state index in [1.807, 2.05) is 36.0 Å². The summed E-state index contributed by atoms with van der Waals surface area (Å²) in [5, 5.41) is 6.74. The SMILES string of the molecule is C=c1cc(OC)c(C)c/c1=C(/C)c1cn(C)nc1-c1ccccc1. The number of nitrogens with zero attached hydrogens (tertiary/aromatic N) is 2. The Bertz CT molecular complexity index is 985. The highest BCUT2D eigenvalue weighted by Gasteiger charge is 2.12. The van der Waals surface area contributed by atoms with Gasteiger partial charge in [-0.3, -0.25) is 4.68 Å². The Morgan fingerprint density at radius 2 is 1.88 bits per heavy atom. The topological polar surface area (TPSA) is 27.1 Å². The smallest absolute Gasteiger partial charge is 0.122 e. The molecule has 0 aliphatic heterocycles. The number of rotatable bonds is 3. The number of aryl methyl sites for hydroxylation is 2. The second-order valence-electron chi connectivity index (χ2n) is 6.04. The zero-order valence-corrected chi connectivity index (χ0v) is 14.6. The number of hydrogen-bond acceptors (Lipinski definition) is 2. The zero-order chi connectivity index (χ0) is 17.3. The minimum Gasteiger partial charge on any atom is -0.496 e. The average Bonchev–Trinajstić information content (AvgIpc) is 2.98. The Morgan fingerprint density at radius 3 is 2.54 bits per heavy atom. The molecule has 0 radical (unpaired) electrons. The third-order valence-electron chi connectivity index (χ3n) is 4.30. The lowest BCUT2D eigenvalue weighted by Gasteiger charge is -2.07. The van der Waals surface area contributed by atoms with Gasteiger partial charge in [-0.1, -0.05) is 36.9 Å². The van der Waals surface area contributed by atoms with Crippen LogP contribution in [-0.2, 0) is 7.05 Å². The molecule has 0 unspecified atom stereocenters. The van der Waals surface area contributed by atoms with Gasteiger partial charge in [-0.15, -0.1) is 0 Å². The molecule has 0 aliphatic carbocycles. The van der Waals surface area contributed by atoms with Crippen LogP contribution in [0.15, 0.2) is 48.7 Å². The maximum atomic E-state index is 5.40. The van der Waals surface area contributed by atoms with Crippen LogP contribution in [0.4, 0.5) is 0 Å². The Morgan fingerprint density at radius 1 is 1.17 bits per heavy atom. The van der Waals surface area contributed by atoms with Gasteiger partial charge in [0.25, 0.3) is 0 Å². The summed E-state index contributed by atoms with van der Waals surface area (Å²) in [4.78, 5) is 0. The Labute approximate surface area is 142 Å². The molecule has 0 aliphatic rings. The summed E-state index contributed by atoms with van der Waals surface area (Å²) in [6.45, 7) is 8.37. The monoisotopic (exact) mass is 318 g/mol. The van der Waals surface area contributed by atoms with Crippen LogP contribution in [-0.4, -0.2) is 16.9 Å². The summed E-state index contributed by atoms with van der Waals surface area (Å²) in [6.07, 6.45) is 2.07. The van der Waals surface area contributed by atoms with Gasteiger partial charge in [0.2, 0.25) is 0 Å². The van der Waals surface area contributed by atoms with E-state index in [0.29, 0.717) is 0 Å². The summed E-state index contributed by atoms with van der Waals surface area (Å²) in [5.41, 5.74) is 5.49. The molecule has 0 atom stereocenters. The second-order valence-corrected chi connectivity index (χ2v) is 6.04. The van der Waals surface area contributed by atoms with Crippen molar-refractivity contribution < 1.29 is 4.74 Å². The number of methoxy groups -OCH3 is 1. The van der Waals surface area contributed by atoms with E-state index in [0.717, 1.165) is 44.1 Å². The summed E-state index contributed by atoms with van der Waals surface area (Å²) in [7, 11) is 3.64. The van der Waals surface area contributed by atoms with Gasteiger partial charge in [-0.25, -0.2) is 0 Å². The van der Waals surface area contributed by atoms with E-state index in [-0.39, 0.29) is 0 Å². The van der Waals surface area contributed by atoms with Crippen LogP contribution in [0.3, 0.4) is 0 Å². The first-order valence-corrected chi connectivity index (χ1v) is 7.95. The first-order chi connectivity index (χ1) is 11.5. The normalized spacial score (nSPS) is 12.2. The van der Waals surface area contributed by atoms with E-state index < -0.39 is 0 Å². The van der Waals surface area contributed by atoms with Gasteiger partial charge in [-0.05, 0) is 47.6 Å². The van der Waals surface area contributed by atoms with Crippen LogP contribution >= 0.6 is 0 Å². The van der Waals surface area contributed by atoms with Crippen molar-refractivity contribution in [3.05, 3.63) is 70.2 Å². The molecule has 0 fully saturated rings. The third kappa shape index (κ3) is 2.85. The number of benzene rings is 2. The van der Waals surface area contributed by atoms with Gasteiger partial charge in [0, 0.05) is 24.4 Å². The van der Waals surface area contributed by atoms with Crippen LogP contribution in [0.2, 0.25) is 0 Å². The van der Waals surface area contributed by atoms with Gasteiger partial charge < -0.3 is 4.74 Å². The zero-order valence-electron chi connectivity index (χ0n) is 14.6. The van der Waals surface area contributed by atoms with Crippen LogP contribution < -0.4 is 15.2 Å². The Hall–Kier alpha value is -2.81. The minimum absolute atomic E-state index is 0.867. The molecule has 3 heteroatoms. The van der Waals surface area contributed by atoms with Crippen molar-refractivity contribution in [1.82, 2.24) is 9.78 Å². The summed E-state index contributed by atoms with van der Waals surface area (Å²) >= 11 is 0. The van der Waals surface area contributed by atoms with Crippen molar-refractivity contribution in [3.8, 4) is 17.0 Å². The molecule has 0 saturated carbocycles. The molecule has 3 nitrogen and oxygen atoms in total. The van der Waals surface area contributed by atoms with E-state index >= 15 is 0 Å². The summed E-state index contributed by atoms with van der Waals surface area (Å²) in [5.74, 6) is 0.867. The van der Waals surface area contributed by atoms with E-state index in [2.05, 4.69) is 49.9 Å². The average molecular weight is 318 g/mol. The maximum Gasteiger partial charge on any atom is 0.122 e. The van der Waals surface area contributed by atoms with E-state index in [9.17, 15) is 0 Å². The van der Waals surface area contributed by atoms with Crippen LogP contribution in [0.1, 0.15) is 18.1 Å². The molecule has 1 aromatic heterocycles. The fourth-order valence-corrected chi connectivity index (χ4v) is 3.02. The second kappa shape index (κ2) is 6.36. The van der Waals surface area contributed by atoms with Crippen LogP contribution in [0.5, 0.6) is 5.75 Å². The van der Waals surface area contributed by atoms with Gasteiger partial charge >= 0.3 is 0 Å². The molecule has 1 heterocycles. The molecule has 24 heavy (non-hydrogen) atoms. The summed E-state index contributed by atoms with van der Waals surface area (Å²) in [6, 6.07) is 14.4. The molecule has 3 aromatic rings. The lowest BCUT2D eigenvalue weighted by molar-refractivity contribution is 0.411. The van der Waals surface area contributed by atoms with E-state index in [4.69, 9.17) is 4.74 Å². The molecule has 0 saturated heterocycles. The van der Waals surface area contributed by atoms with Gasteiger partial charge in [0.1, 0.15) is 5.75 Å². The fourth-order valence-electron chi connectivity index (χ4n) is 3.02. The Kier molecular flexibility index (Phi) is 4.26. The molecule has 0 amide bonds. The Balaban J connectivity index is 2.28. The van der Waals surface area contributed by atoms with Crippen molar-refractivity contribution in [2.75, 3.05) is 7.11 Å². The van der Waals surface area contributed by atoms with Gasteiger partial charge in [-0.2, -0.15) is 5.10 Å². The van der Waals surface area contributed by atoms with Crippen molar-refractivity contribution >= 4 is 12.2 Å². The highest BCUT2D eigenvalue weighted by Crippen LogP contribution is 2.26. The molecule has 0 spiro atoms. The first kappa shape index (κ1) is 16.1. The van der Waals surface area contributed by atoms with Crippen molar-refractivity contribution in [1.29, 1.82) is 0 Å². The van der Waals surface area contributed by atoms with Crippen molar-refractivity contribution in [2.45, 2.75) is 13.8 Å². The summed E-state index contributed by atoms with van der Waals surface area (Å²) < 4.78 is 7.26. The predicted molar refractivity (Wildman–Crippen MR) is 99.3 cm³/mol. The van der Waals surface area contributed by atoms with Gasteiger partial charge in [0.05, 0.1) is 12.8 Å². The minimum atomic E-state index is 0.867. The number of aromatic nitrogens is 2. The molecule has 2 aromatic carbocycles. The molecule has 3 rings (SSSR count). The fraction of sp³-hybridized carbons (Fsp3) is 0.190. The van der Waals surface area contributed by atoms with Crippen LogP contribution in [0, 0.1) is 6.92 Å². The van der Waals surface area contributed by atoms with Crippen molar-refractivity contribution in [3.63, 3.8) is 0 Å². The third-order valence-corrected chi connectivity index (χ3v) is 4.30. The number of ether oxygens (including phenoxy) is 1. The van der Waals surface area contributed by atoms with E-state index in [1.165, 1.54) is 0 Å². The lowest BCUT2D eigenvalue weighted by Crippen LogP contribution is -2.26. The first-order valence-electron chi connectivity index (χ1n) is 7.95. The molecular formula is C21H22N2O. The predicted octanol–water partition coefficient (Wildman–Crippen LogP) is 3.03. The highest BCUT2D eigenvalue weighted by molar-refractivity contribution is 5.77. The quantitative estimate of drug-likeness (QED) is 0.742. The van der Waals surface area contributed by atoms with Gasteiger partial charge in [0.15, 0.2) is 0 Å². The molecule has 122 valence electrons. The number of hydrogen-bond donors (Lipinski definition) is 0. The molecular weight excluding hydrogens is 296 g/mol. The van der Waals surface area contributed by atoms with Crippen molar-refractivity contribution in [2.24, 2.45) is 7.05 Å². The molecule has 0 bridgehead atoms. The lowest BCUT2D eigenvalue weighted by atomic mass is 9.99. The maximum absolute atomic E-state index is 5.40.